The highest BCUT2D eigenvalue weighted by molar-refractivity contribution is 6.71. The molecule has 4 aliphatic rings. The van der Waals surface area contributed by atoms with Crippen molar-refractivity contribution in [1.82, 2.24) is 15.0 Å². The molecule has 4 aromatic rings. The summed E-state index contributed by atoms with van der Waals surface area (Å²) in [5, 5.41) is 19.0. The molecule has 0 radical (unpaired) electrons. The number of hydrogen-bond acceptors (Lipinski definition) is 10. The van der Waals surface area contributed by atoms with E-state index in [-0.39, 0.29) is 43.2 Å². The molecule has 1 aromatic heterocycles. The number of aliphatic hydroxyl groups excluding tert-OH is 1. The van der Waals surface area contributed by atoms with Gasteiger partial charge >= 0.3 is 12.2 Å². The number of aryl methyl sites for hydroxylation is 1. The molecule has 0 saturated carbocycles. The maximum atomic E-state index is 15.1. The summed E-state index contributed by atoms with van der Waals surface area (Å²) in [6.07, 6.45) is 0.945. The van der Waals surface area contributed by atoms with Gasteiger partial charge < -0.3 is 29.0 Å². The predicted octanol–water partition coefficient (Wildman–Crippen LogP) is 4.75. The van der Waals surface area contributed by atoms with Crippen LogP contribution in [0.2, 0.25) is 18.6 Å². The molecule has 1 spiro atoms. The highest BCUT2D eigenvalue weighted by atomic mass is 28.4. The molecule has 5 heterocycles. The van der Waals surface area contributed by atoms with E-state index >= 15 is 4.79 Å². The summed E-state index contributed by atoms with van der Waals surface area (Å²) in [5.74, 6) is -0.977. The van der Waals surface area contributed by atoms with Gasteiger partial charge in [-0.2, -0.15) is 0 Å². The molecule has 3 fully saturated rings. The number of fused-ring (bicyclic) bond motifs is 2. The lowest BCUT2D eigenvalue weighted by molar-refractivity contribution is -0.146. The van der Waals surface area contributed by atoms with Gasteiger partial charge in [0.1, 0.15) is 13.2 Å². The van der Waals surface area contributed by atoms with E-state index in [9.17, 15) is 19.5 Å². The van der Waals surface area contributed by atoms with E-state index in [1.807, 2.05) is 99.0 Å². The molecule has 54 heavy (non-hydrogen) atoms. The molecule has 3 aromatic carbocycles. The fourth-order valence-electron chi connectivity index (χ4n) is 8.78. The zero-order valence-electron chi connectivity index (χ0n) is 30.5. The van der Waals surface area contributed by atoms with Crippen LogP contribution in [0.15, 0.2) is 79.0 Å². The Morgan fingerprint density at radius 1 is 0.926 bits per heavy atom. The number of amides is 3. The van der Waals surface area contributed by atoms with E-state index in [0.29, 0.717) is 61.0 Å². The van der Waals surface area contributed by atoms with E-state index in [1.165, 1.54) is 0 Å². The summed E-state index contributed by atoms with van der Waals surface area (Å²) in [7, 11) is -2.97. The minimum absolute atomic E-state index is 0.118. The molecule has 1 unspecified atom stereocenters. The number of anilines is 3. The smallest absolute Gasteiger partial charge is 0.414 e. The second-order valence-electron chi connectivity index (χ2n) is 15.0. The van der Waals surface area contributed by atoms with Gasteiger partial charge in [-0.05, 0) is 61.0 Å². The van der Waals surface area contributed by atoms with Crippen LogP contribution >= 0.6 is 0 Å². The Morgan fingerprint density at radius 2 is 1.59 bits per heavy atom. The first kappa shape index (κ1) is 35.9. The van der Waals surface area contributed by atoms with E-state index in [1.54, 1.807) is 19.4 Å². The molecule has 5 atom stereocenters. The van der Waals surface area contributed by atoms with Crippen molar-refractivity contribution in [3.63, 3.8) is 0 Å². The van der Waals surface area contributed by atoms with Crippen LogP contribution in [0.5, 0.6) is 0 Å². The van der Waals surface area contributed by atoms with Crippen LogP contribution in [-0.2, 0) is 37.7 Å². The van der Waals surface area contributed by atoms with Gasteiger partial charge in [0.15, 0.2) is 13.9 Å². The molecule has 0 aliphatic carbocycles. The van der Waals surface area contributed by atoms with Gasteiger partial charge in [0, 0.05) is 41.1 Å². The number of carbonyl (C=O) groups is 3. The molecule has 282 valence electrons. The maximum absolute atomic E-state index is 15.1. The SMILES string of the molecule is C[C@H]1[C@H]([Si](C)(C)O)[C@@H](CCn2cc(C(CO)c3ccccc3)nn2)O[C@]12C(=O)N(Cc1ccc(N3CCOC3=O)cc1)c1ccc(N3CCOC3=O)cc12. The Labute approximate surface area is 314 Å². The number of hydrogen-bond donors (Lipinski definition) is 2. The number of aliphatic hydroxyl groups is 1. The summed E-state index contributed by atoms with van der Waals surface area (Å²) < 4.78 is 19.1. The first-order valence-electron chi connectivity index (χ1n) is 18.4. The Bertz CT molecular complexity index is 2060. The van der Waals surface area contributed by atoms with Crippen LogP contribution < -0.4 is 14.7 Å². The van der Waals surface area contributed by atoms with Gasteiger partial charge in [-0.1, -0.05) is 54.6 Å². The van der Waals surface area contributed by atoms with Crippen LogP contribution in [0.3, 0.4) is 0 Å². The van der Waals surface area contributed by atoms with Crippen molar-refractivity contribution >= 4 is 43.5 Å². The van der Waals surface area contributed by atoms with Crippen molar-refractivity contribution in [2.24, 2.45) is 5.92 Å². The van der Waals surface area contributed by atoms with Gasteiger partial charge in [0.2, 0.25) is 0 Å². The second-order valence-corrected chi connectivity index (χ2v) is 19.0. The summed E-state index contributed by atoms with van der Waals surface area (Å²) in [6.45, 7) is 7.76. The molecule has 3 saturated heterocycles. The number of carbonyl (C=O) groups excluding carboxylic acids is 3. The van der Waals surface area contributed by atoms with E-state index < -0.39 is 32.0 Å². The van der Waals surface area contributed by atoms with Crippen molar-refractivity contribution in [1.29, 1.82) is 0 Å². The Morgan fingerprint density at radius 3 is 2.22 bits per heavy atom. The quantitative estimate of drug-likeness (QED) is 0.205. The summed E-state index contributed by atoms with van der Waals surface area (Å²) >= 11 is 0. The van der Waals surface area contributed by atoms with Crippen molar-refractivity contribution in [3.05, 3.63) is 101 Å². The molecular formula is C39H44N6O8Si. The first-order valence-corrected chi connectivity index (χ1v) is 21.4. The Kier molecular flexibility index (Phi) is 9.28. The first-order chi connectivity index (χ1) is 26.0. The number of nitrogens with zero attached hydrogens (tertiary/aromatic N) is 6. The molecular weight excluding hydrogens is 709 g/mol. The number of cyclic esters (lactones) is 2. The van der Waals surface area contributed by atoms with Crippen molar-refractivity contribution in [2.75, 3.05) is 47.6 Å². The largest absolute Gasteiger partial charge is 0.447 e. The minimum Gasteiger partial charge on any atom is -0.447 e. The highest BCUT2D eigenvalue weighted by Gasteiger charge is 2.66. The van der Waals surface area contributed by atoms with Gasteiger partial charge in [-0.15, -0.1) is 5.10 Å². The summed E-state index contributed by atoms with van der Waals surface area (Å²) in [5.41, 5.74) is 3.32. The topological polar surface area (TPSA) is 160 Å². The third-order valence-electron chi connectivity index (χ3n) is 11.3. The van der Waals surface area contributed by atoms with Crippen molar-refractivity contribution in [3.8, 4) is 0 Å². The Balaban J connectivity index is 1.11. The molecule has 4 aliphatic heterocycles. The van der Waals surface area contributed by atoms with E-state index in [2.05, 4.69) is 10.3 Å². The number of aromatic nitrogens is 3. The van der Waals surface area contributed by atoms with E-state index in [4.69, 9.17) is 14.2 Å². The van der Waals surface area contributed by atoms with Crippen LogP contribution in [-0.4, -0.2) is 90.3 Å². The fraction of sp³-hybridized carbons (Fsp3) is 0.410. The van der Waals surface area contributed by atoms with Gasteiger partial charge in [0.05, 0.1) is 49.6 Å². The third-order valence-corrected chi connectivity index (χ3v) is 13.8. The summed E-state index contributed by atoms with van der Waals surface area (Å²) in [4.78, 5) is 56.6. The second kappa shape index (κ2) is 14.0. The van der Waals surface area contributed by atoms with Crippen LogP contribution in [0.1, 0.15) is 41.6 Å². The Hall–Kier alpha value is -5.09. The standard InChI is InChI=1S/C39H44N6O8Si/c1-25-35(54(2,3)50)34(15-16-42-23-32(40-41-42)30(24-46)27-7-5-4-6-8-27)53-39(25)31-21-29(44-18-20-52-38(44)49)13-14-33(31)45(36(39)47)22-26-9-11-28(12-10-26)43-17-19-51-37(43)48/h4-14,21,23,25,30,34-35,46,50H,15-20,22,24H2,1-3H3/t25-,30?,34+,35-,39+/m0/s1. The third kappa shape index (κ3) is 6.14. The highest BCUT2D eigenvalue weighted by Crippen LogP contribution is 2.60. The lowest BCUT2D eigenvalue weighted by Crippen LogP contribution is -2.46. The van der Waals surface area contributed by atoms with Gasteiger partial charge in [0.25, 0.3) is 5.91 Å². The molecule has 15 heteroatoms. The lowest BCUT2D eigenvalue weighted by atomic mass is 9.82. The molecule has 3 amide bonds. The fourth-order valence-corrected chi connectivity index (χ4v) is 11.4. The van der Waals surface area contributed by atoms with Crippen molar-refractivity contribution < 1.29 is 38.5 Å². The monoisotopic (exact) mass is 752 g/mol. The predicted molar refractivity (Wildman–Crippen MR) is 201 cm³/mol. The van der Waals surface area contributed by atoms with Crippen LogP contribution in [0.4, 0.5) is 26.7 Å². The molecule has 8 rings (SSSR count). The average molecular weight is 753 g/mol. The van der Waals surface area contributed by atoms with Gasteiger partial charge in [-0.25, -0.2) is 9.59 Å². The maximum Gasteiger partial charge on any atom is 0.414 e. The van der Waals surface area contributed by atoms with Crippen LogP contribution in [0.25, 0.3) is 0 Å². The number of ether oxygens (including phenoxy) is 3. The van der Waals surface area contributed by atoms with E-state index in [0.717, 1.165) is 11.1 Å². The zero-order chi connectivity index (χ0) is 37.8. The van der Waals surface area contributed by atoms with Crippen molar-refractivity contribution in [2.45, 2.75) is 62.7 Å². The minimum atomic E-state index is -2.97. The summed E-state index contributed by atoms with van der Waals surface area (Å²) in [6, 6.07) is 22.7. The average Bonchev–Trinajstić information content (AvgIpc) is 3.99. The normalized spacial score (nSPS) is 24.4. The molecule has 14 nitrogen and oxygen atoms in total. The number of rotatable bonds is 11. The zero-order valence-corrected chi connectivity index (χ0v) is 31.5. The lowest BCUT2D eigenvalue weighted by Gasteiger charge is -2.32. The molecule has 2 N–H and O–H groups in total. The molecule has 0 bridgehead atoms. The number of benzene rings is 3. The van der Waals surface area contributed by atoms with Gasteiger partial charge in [-0.3, -0.25) is 19.3 Å². The van der Waals surface area contributed by atoms with Crippen LogP contribution in [0, 0.1) is 5.92 Å².